The number of nitrogens with zero attached hydrogens (tertiary/aromatic N) is 5. The first kappa shape index (κ1) is 15.2. The molecule has 6 heteroatoms. The highest BCUT2D eigenvalue weighted by Crippen LogP contribution is 2.35. The summed E-state index contributed by atoms with van der Waals surface area (Å²) in [5.41, 5.74) is 5.21. The van der Waals surface area contributed by atoms with Gasteiger partial charge in [-0.05, 0) is 29.7 Å². The van der Waals surface area contributed by atoms with Crippen molar-refractivity contribution in [2.75, 3.05) is 0 Å². The Balaban J connectivity index is 1.66. The van der Waals surface area contributed by atoms with E-state index in [1.165, 1.54) is 33.3 Å². The van der Waals surface area contributed by atoms with Crippen molar-refractivity contribution in [3.8, 4) is 5.69 Å². The van der Waals surface area contributed by atoms with E-state index in [-0.39, 0.29) is 0 Å². The van der Waals surface area contributed by atoms with Crippen molar-refractivity contribution in [3.63, 3.8) is 0 Å². The highest BCUT2D eigenvalue weighted by molar-refractivity contribution is 7.14. The number of rotatable bonds is 1. The molecule has 2 aromatic carbocycles. The molecule has 0 fully saturated rings. The zero-order valence-electron chi connectivity index (χ0n) is 15.1. The fraction of sp³-hybridized carbons (Fsp3) is 0. The average Bonchev–Trinajstić information content (AvgIpc) is 3.50. The molecule has 7 aromatic rings. The SMILES string of the molecule is c1ccc2c(c1)c1ccccc1n2-c1cnc2c(c1)c1sncc1c1nccn12. The van der Waals surface area contributed by atoms with Crippen LogP contribution in [0.15, 0.2) is 79.4 Å². The maximum atomic E-state index is 4.86. The van der Waals surface area contributed by atoms with Crippen molar-refractivity contribution in [2.45, 2.75) is 0 Å². The second-order valence-corrected chi connectivity index (χ2v) is 7.93. The molecule has 5 aromatic heterocycles. The van der Waals surface area contributed by atoms with Gasteiger partial charge in [0.1, 0.15) is 11.3 Å². The van der Waals surface area contributed by atoms with Crippen molar-refractivity contribution in [1.29, 1.82) is 0 Å². The van der Waals surface area contributed by atoms with Gasteiger partial charge in [0.2, 0.25) is 0 Å². The van der Waals surface area contributed by atoms with E-state index in [0.29, 0.717) is 0 Å². The lowest BCUT2D eigenvalue weighted by atomic mass is 10.2. The summed E-state index contributed by atoms with van der Waals surface area (Å²) in [6, 6.07) is 19.3. The molecule has 5 nitrogen and oxygen atoms in total. The van der Waals surface area contributed by atoms with Crippen LogP contribution in [0.1, 0.15) is 0 Å². The lowest BCUT2D eigenvalue weighted by molar-refractivity contribution is 1.13. The van der Waals surface area contributed by atoms with Crippen LogP contribution in [0.2, 0.25) is 0 Å². The maximum absolute atomic E-state index is 4.86. The van der Waals surface area contributed by atoms with Gasteiger partial charge >= 0.3 is 0 Å². The number of hydrogen-bond acceptors (Lipinski definition) is 4. The van der Waals surface area contributed by atoms with Gasteiger partial charge in [0.25, 0.3) is 0 Å². The van der Waals surface area contributed by atoms with Crippen LogP contribution in [0.25, 0.3) is 54.3 Å². The number of para-hydroxylation sites is 2. The molecule has 0 spiro atoms. The normalized spacial score (nSPS) is 12.1. The Hall–Kier alpha value is -3.77. The Kier molecular flexibility index (Phi) is 2.83. The highest BCUT2D eigenvalue weighted by Gasteiger charge is 2.16. The van der Waals surface area contributed by atoms with Crippen molar-refractivity contribution in [2.24, 2.45) is 0 Å². The van der Waals surface area contributed by atoms with E-state index in [1.54, 1.807) is 0 Å². The number of pyridine rings is 2. The molecule has 5 heterocycles. The predicted octanol–water partition coefficient (Wildman–Crippen LogP) is 5.59. The van der Waals surface area contributed by atoms with Gasteiger partial charge in [0.05, 0.1) is 39.2 Å². The Morgan fingerprint density at radius 1 is 0.724 bits per heavy atom. The van der Waals surface area contributed by atoms with Crippen molar-refractivity contribution in [3.05, 3.63) is 79.4 Å². The van der Waals surface area contributed by atoms with Crippen LogP contribution in [0, 0.1) is 0 Å². The maximum Gasteiger partial charge on any atom is 0.148 e. The first-order chi connectivity index (χ1) is 14.4. The van der Waals surface area contributed by atoms with E-state index in [2.05, 4.69) is 68.5 Å². The minimum atomic E-state index is 0.901. The fourth-order valence-corrected chi connectivity index (χ4v) is 5.15. The first-order valence-corrected chi connectivity index (χ1v) is 10.2. The molecule has 0 aliphatic heterocycles. The molecule has 7 rings (SSSR count). The second-order valence-electron chi connectivity index (χ2n) is 7.12. The number of fused-ring (bicyclic) bond motifs is 9. The summed E-state index contributed by atoms with van der Waals surface area (Å²) < 4.78 is 9.88. The standard InChI is InChI=1S/C23H13N5S/c1-3-7-19-15(5-1)16-6-2-4-8-20(16)28(19)14-11-17-21-18(13-26-29-21)23-24-9-10-27(23)22(17)25-12-14/h1-13H. The van der Waals surface area contributed by atoms with Crippen LogP contribution in [0.3, 0.4) is 0 Å². The lowest BCUT2D eigenvalue weighted by Crippen LogP contribution is -1.98. The van der Waals surface area contributed by atoms with Gasteiger partial charge in [-0.2, -0.15) is 4.37 Å². The summed E-state index contributed by atoms with van der Waals surface area (Å²) in [5.74, 6) is 0. The Bertz CT molecular complexity index is 1670. The summed E-state index contributed by atoms with van der Waals surface area (Å²) >= 11 is 1.50. The first-order valence-electron chi connectivity index (χ1n) is 9.38. The van der Waals surface area contributed by atoms with E-state index in [4.69, 9.17) is 4.98 Å². The smallest absolute Gasteiger partial charge is 0.148 e. The van der Waals surface area contributed by atoms with Gasteiger partial charge in [0, 0.05) is 28.6 Å². The largest absolute Gasteiger partial charge is 0.308 e. The summed E-state index contributed by atoms with van der Waals surface area (Å²) in [6.45, 7) is 0. The molecule has 0 aliphatic rings. The summed E-state index contributed by atoms with van der Waals surface area (Å²) in [4.78, 5) is 9.37. The topological polar surface area (TPSA) is 48.0 Å². The van der Waals surface area contributed by atoms with Gasteiger partial charge in [-0.15, -0.1) is 0 Å². The fourth-order valence-electron chi connectivity index (χ4n) is 4.40. The monoisotopic (exact) mass is 391 g/mol. The van der Waals surface area contributed by atoms with E-state index in [0.717, 1.165) is 32.5 Å². The highest BCUT2D eigenvalue weighted by atomic mass is 32.1. The van der Waals surface area contributed by atoms with E-state index >= 15 is 0 Å². The van der Waals surface area contributed by atoms with E-state index in [1.807, 2.05) is 29.2 Å². The van der Waals surface area contributed by atoms with Gasteiger partial charge in [-0.3, -0.25) is 4.40 Å². The van der Waals surface area contributed by atoms with Gasteiger partial charge in [-0.25, -0.2) is 9.97 Å². The number of imidazole rings is 1. The van der Waals surface area contributed by atoms with Crippen LogP contribution in [0.4, 0.5) is 0 Å². The molecule has 0 bridgehead atoms. The van der Waals surface area contributed by atoms with E-state index in [9.17, 15) is 0 Å². The number of hydrogen-bond donors (Lipinski definition) is 0. The zero-order chi connectivity index (χ0) is 18.9. The molecule has 29 heavy (non-hydrogen) atoms. The van der Waals surface area contributed by atoms with Crippen LogP contribution in [-0.4, -0.2) is 23.3 Å². The molecular formula is C23H13N5S. The summed E-state index contributed by atoms with van der Waals surface area (Å²) in [5, 5.41) is 4.65. The number of aromatic nitrogens is 5. The molecule has 0 amide bonds. The molecular weight excluding hydrogens is 378 g/mol. The van der Waals surface area contributed by atoms with E-state index < -0.39 is 0 Å². The van der Waals surface area contributed by atoms with Crippen LogP contribution < -0.4 is 0 Å². The average molecular weight is 391 g/mol. The minimum absolute atomic E-state index is 0.901. The molecule has 0 aliphatic carbocycles. The second kappa shape index (κ2) is 5.40. The minimum Gasteiger partial charge on any atom is -0.308 e. The Labute approximate surface area is 168 Å². The quantitative estimate of drug-likeness (QED) is 0.366. The predicted molar refractivity (Wildman–Crippen MR) is 118 cm³/mol. The van der Waals surface area contributed by atoms with Crippen LogP contribution >= 0.6 is 11.5 Å². The van der Waals surface area contributed by atoms with Crippen molar-refractivity contribution in [1.82, 2.24) is 23.3 Å². The van der Waals surface area contributed by atoms with Gasteiger partial charge in [-0.1, -0.05) is 36.4 Å². The molecule has 0 radical (unpaired) electrons. The Morgan fingerprint density at radius 2 is 1.45 bits per heavy atom. The summed E-state index contributed by atoms with van der Waals surface area (Å²) in [6.07, 6.45) is 7.62. The molecule has 0 saturated heterocycles. The molecule has 0 atom stereocenters. The zero-order valence-corrected chi connectivity index (χ0v) is 16.0. The van der Waals surface area contributed by atoms with Gasteiger partial charge < -0.3 is 4.57 Å². The third-order valence-corrected chi connectivity index (χ3v) is 6.45. The van der Waals surface area contributed by atoms with Crippen molar-refractivity contribution >= 4 is 60.1 Å². The van der Waals surface area contributed by atoms with Crippen LogP contribution in [0.5, 0.6) is 0 Å². The number of benzene rings is 2. The van der Waals surface area contributed by atoms with Crippen LogP contribution in [-0.2, 0) is 0 Å². The third-order valence-electron chi connectivity index (χ3n) is 5.62. The molecule has 0 saturated carbocycles. The summed E-state index contributed by atoms with van der Waals surface area (Å²) in [7, 11) is 0. The molecule has 136 valence electrons. The lowest BCUT2D eigenvalue weighted by Gasteiger charge is -2.10. The third kappa shape index (κ3) is 1.91. The Morgan fingerprint density at radius 3 is 2.24 bits per heavy atom. The van der Waals surface area contributed by atoms with Gasteiger partial charge in [0.15, 0.2) is 0 Å². The molecule has 0 unspecified atom stereocenters. The van der Waals surface area contributed by atoms with Crippen molar-refractivity contribution < 1.29 is 0 Å². The molecule has 0 N–H and O–H groups in total.